The number of rotatable bonds is 6. The topological polar surface area (TPSA) is 59.8 Å². The molecule has 0 fully saturated rings. The van der Waals surface area contributed by atoms with Crippen molar-refractivity contribution in [2.45, 2.75) is 19.9 Å². The predicted molar refractivity (Wildman–Crippen MR) is 103 cm³/mol. The minimum Gasteiger partial charge on any atom is -0.351 e. The minimum atomic E-state index is -0.242. The van der Waals surface area contributed by atoms with Crippen molar-refractivity contribution in [1.82, 2.24) is 20.1 Å². The molecule has 134 valence electrons. The SMILES string of the molecule is Cc1nn(Cc2ccccc2Cl)c(Cl)c1C(=O)NCCc1ccccn1. The van der Waals surface area contributed by atoms with Crippen LogP contribution in [0.4, 0.5) is 0 Å². The van der Waals surface area contributed by atoms with Crippen LogP contribution in [0.2, 0.25) is 10.2 Å². The van der Waals surface area contributed by atoms with Gasteiger partial charge in [0.25, 0.3) is 5.91 Å². The average molecular weight is 389 g/mol. The van der Waals surface area contributed by atoms with Crippen LogP contribution in [-0.2, 0) is 13.0 Å². The van der Waals surface area contributed by atoms with Crippen molar-refractivity contribution >= 4 is 29.1 Å². The van der Waals surface area contributed by atoms with Crippen molar-refractivity contribution in [3.05, 3.63) is 81.4 Å². The molecule has 26 heavy (non-hydrogen) atoms. The number of amides is 1. The van der Waals surface area contributed by atoms with Crippen LogP contribution < -0.4 is 5.32 Å². The Bertz CT molecular complexity index is 909. The van der Waals surface area contributed by atoms with Gasteiger partial charge in [-0.1, -0.05) is 47.5 Å². The van der Waals surface area contributed by atoms with Gasteiger partial charge in [-0.2, -0.15) is 5.10 Å². The molecule has 0 saturated carbocycles. The molecule has 0 aliphatic heterocycles. The highest BCUT2D eigenvalue weighted by molar-refractivity contribution is 6.33. The molecule has 2 aromatic heterocycles. The summed E-state index contributed by atoms with van der Waals surface area (Å²) in [4.78, 5) is 16.8. The Morgan fingerprint density at radius 2 is 1.92 bits per heavy atom. The van der Waals surface area contributed by atoms with Gasteiger partial charge >= 0.3 is 0 Å². The van der Waals surface area contributed by atoms with Gasteiger partial charge in [0.15, 0.2) is 0 Å². The summed E-state index contributed by atoms with van der Waals surface area (Å²) in [6.45, 7) is 2.64. The average Bonchev–Trinajstić information content (AvgIpc) is 2.91. The lowest BCUT2D eigenvalue weighted by Crippen LogP contribution is -2.26. The summed E-state index contributed by atoms with van der Waals surface area (Å²) in [7, 11) is 0. The summed E-state index contributed by atoms with van der Waals surface area (Å²) in [5.41, 5.74) is 2.78. The maximum atomic E-state index is 12.5. The number of benzene rings is 1. The van der Waals surface area contributed by atoms with E-state index in [1.165, 1.54) is 0 Å². The monoisotopic (exact) mass is 388 g/mol. The van der Waals surface area contributed by atoms with Gasteiger partial charge in [0.1, 0.15) is 5.15 Å². The highest BCUT2D eigenvalue weighted by atomic mass is 35.5. The molecule has 0 aliphatic carbocycles. The second-order valence-electron chi connectivity index (χ2n) is 5.83. The molecule has 0 saturated heterocycles. The van der Waals surface area contributed by atoms with Crippen molar-refractivity contribution < 1.29 is 4.79 Å². The van der Waals surface area contributed by atoms with Crippen molar-refractivity contribution in [2.24, 2.45) is 0 Å². The first kappa shape index (κ1) is 18.4. The summed E-state index contributed by atoms with van der Waals surface area (Å²) >= 11 is 12.6. The zero-order valence-corrected chi connectivity index (χ0v) is 15.8. The Kier molecular flexibility index (Phi) is 5.91. The fourth-order valence-corrected chi connectivity index (χ4v) is 3.16. The van der Waals surface area contributed by atoms with Crippen LogP contribution in [0.25, 0.3) is 0 Å². The van der Waals surface area contributed by atoms with E-state index in [-0.39, 0.29) is 5.91 Å². The summed E-state index contributed by atoms with van der Waals surface area (Å²) < 4.78 is 1.59. The fraction of sp³-hybridized carbons (Fsp3) is 0.211. The van der Waals surface area contributed by atoms with Crippen LogP contribution in [0.3, 0.4) is 0 Å². The third kappa shape index (κ3) is 4.23. The molecule has 0 bridgehead atoms. The molecular formula is C19H18Cl2N4O. The van der Waals surface area contributed by atoms with E-state index < -0.39 is 0 Å². The van der Waals surface area contributed by atoms with E-state index in [1.54, 1.807) is 17.8 Å². The lowest BCUT2D eigenvalue weighted by Gasteiger charge is -2.07. The molecule has 0 radical (unpaired) electrons. The molecule has 0 spiro atoms. The number of aromatic nitrogens is 3. The fourth-order valence-electron chi connectivity index (χ4n) is 2.64. The Hall–Kier alpha value is -2.37. The molecule has 1 N–H and O–H groups in total. The normalized spacial score (nSPS) is 10.7. The molecule has 1 amide bonds. The summed E-state index contributed by atoms with van der Waals surface area (Å²) in [6.07, 6.45) is 2.38. The number of hydrogen-bond acceptors (Lipinski definition) is 3. The summed E-state index contributed by atoms with van der Waals surface area (Å²) in [6, 6.07) is 13.2. The largest absolute Gasteiger partial charge is 0.351 e. The number of aryl methyl sites for hydroxylation is 1. The molecule has 5 nitrogen and oxygen atoms in total. The Morgan fingerprint density at radius 3 is 2.65 bits per heavy atom. The van der Waals surface area contributed by atoms with Crippen molar-refractivity contribution in [3.63, 3.8) is 0 Å². The molecule has 3 aromatic rings. The number of nitrogens with zero attached hydrogens (tertiary/aromatic N) is 3. The van der Waals surface area contributed by atoms with Crippen molar-refractivity contribution in [3.8, 4) is 0 Å². The number of halogens is 2. The van der Waals surface area contributed by atoms with E-state index in [2.05, 4.69) is 15.4 Å². The van der Waals surface area contributed by atoms with Crippen molar-refractivity contribution in [2.75, 3.05) is 6.54 Å². The minimum absolute atomic E-state index is 0.242. The van der Waals surface area contributed by atoms with Gasteiger partial charge in [0, 0.05) is 29.9 Å². The van der Waals surface area contributed by atoms with Crippen LogP contribution in [0.5, 0.6) is 0 Å². The van der Waals surface area contributed by atoms with Gasteiger partial charge in [-0.3, -0.25) is 9.78 Å². The van der Waals surface area contributed by atoms with E-state index in [0.717, 1.165) is 11.3 Å². The predicted octanol–water partition coefficient (Wildman–Crippen LogP) is 3.91. The Labute approximate surface area is 162 Å². The first-order valence-corrected chi connectivity index (χ1v) is 8.96. The van der Waals surface area contributed by atoms with Crippen LogP contribution in [-0.4, -0.2) is 27.2 Å². The lowest BCUT2D eigenvalue weighted by atomic mass is 10.2. The van der Waals surface area contributed by atoms with Gasteiger partial charge in [-0.25, -0.2) is 4.68 Å². The second-order valence-corrected chi connectivity index (χ2v) is 6.59. The third-order valence-electron chi connectivity index (χ3n) is 3.96. The molecule has 0 unspecified atom stereocenters. The summed E-state index contributed by atoms with van der Waals surface area (Å²) in [5.74, 6) is -0.242. The van der Waals surface area contributed by atoms with Crippen LogP contribution in [0.15, 0.2) is 48.7 Å². The zero-order valence-electron chi connectivity index (χ0n) is 14.2. The maximum absolute atomic E-state index is 12.5. The second kappa shape index (κ2) is 8.34. The van der Waals surface area contributed by atoms with Crippen LogP contribution >= 0.6 is 23.2 Å². The van der Waals surface area contributed by atoms with E-state index in [0.29, 0.717) is 40.9 Å². The van der Waals surface area contributed by atoms with E-state index in [4.69, 9.17) is 23.2 Å². The van der Waals surface area contributed by atoms with E-state index in [1.807, 2.05) is 42.5 Å². The zero-order chi connectivity index (χ0) is 18.5. The Morgan fingerprint density at radius 1 is 1.15 bits per heavy atom. The van der Waals surface area contributed by atoms with Gasteiger partial charge < -0.3 is 5.32 Å². The molecule has 0 atom stereocenters. The first-order chi connectivity index (χ1) is 12.6. The Balaban J connectivity index is 1.69. The highest BCUT2D eigenvalue weighted by Crippen LogP contribution is 2.23. The van der Waals surface area contributed by atoms with Crippen LogP contribution in [0, 0.1) is 6.92 Å². The number of carbonyl (C=O) groups is 1. The van der Waals surface area contributed by atoms with Gasteiger partial charge in [0.05, 0.1) is 17.8 Å². The molecule has 3 rings (SSSR count). The lowest BCUT2D eigenvalue weighted by molar-refractivity contribution is 0.0953. The number of carbonyl (C=O) groups excluding carboxylic acids is 1. The number of pyridine rings is 1. The third-order valence-corrected chi connectivity index (χ3v) is 4.72. The van der Waals surface area contributed by atoms with Gasteiger partial charge in [0.2, 0.25) is 0 Å². The molecule has 1 aromatic carbocycles. The standard InChI is InChI=1S/C19H18Cl2N4O/c1-13-17(19(26)23-11-9-15-7-4-5-10-22-15)18(21)25(24-13)12-14-6-2-3-8-16(14)20/h2-8,10H,9,11-12H2,1H3,(H,23,26). The van der Waals surface area contributed by atoms with E-state index in [9.17, 15) is 4.79 Å². The van der Waals surface area contributed by atoms with Gasteiger partial charge in [-0.05, 0) is 30.7 Å². The molecular weight excluding hydrogens is 371 g/mol. The molecule has 2 heterocycles. The number of hydrogen-bond donors (Lipinski definition) is 1. The van der Waals surface area contributed by atoms with Crippen LogP contribution in [0.1, 0.15) is 27.3 Å². The maximum Gasteiger partial charge on any atom is 0.256 e. The smallest absolute Gasteiger partial charge is 0.256 e. The quantitative estimate of drug-likeness (QED) is 0.695. The number of nitrogens with one attached hydrogen (secondary N) is 1. The molecule has 7 heteroatoms. The first-order valence-electron chi connectivity index (χ1n) is 8.20. The molecule has 0 aliphatic rings. The summed E-state index contributed by atoms with van der Waals surface area (Å²) in [5, 5.41) is 8.20. The van der Waals surface area contributed by atoms with Crippen molar-refractivity contribution in [1.29, 1.82) is 0 Å². The van der Waals surface area contributed by atoms with E-state index >= 15 is 0 Å². The van der Waals surface area contributed by atoms with Gasteiger partial charge in [-0.15, -0.1) is 0 Å². The highest BCUT2D eigenvalue weighted by Gasteiger charge is 2.20.